The van der Waals surface area contributed by atoms with Crippen molar-refractivity contribution in [2.45, 2.75) is 18.4 Å². The van der Waals surface area contributed by atoms with Crippen LogP contribution in [0.15, 0.2) is 61.2 Å². The third-order valence-corrected chi connectivity index (χ3v) is 4.67. The largest absolute Gasteiger partial charge is 0.480 e. The van der Waals surface area contributed by atoms with E-state index in [1.54, 1.807) is 0 Å². The molecule has 0 radical (unpaired) electrons. The highest BCUT2D eigenvalue weighted by Gasteiger charge is 2.30. The predicted molar refractivity (Wildman–Crippen MR) is 105 cm³/mol. The highest BCUT2D eigenvalue weighted by atomic mass is 16.6. The zero-order chi connectivity index (χ0) is 20.8. The maximum atomic E-state index is 12.2. The van der Waals surface area contributed by atoms with Gasteiger partial charge >= 0.3 is 18.0 Å². The molecule has 7 heteroatoms. The number of alkyl carbamates (subject to hydrolysis) is 1. The molecule has 3 rings (SSSR count). The summed E-state index contributed by atoms with van der Waals surface area (Å²) in [7, 11) is 0. The van der Waals surface area contributed by atoms with Gasteiger partial charge in [0, 0.05) is 5.92 Å². The minimum Gasteiger partial charge on any atom is -0.480 e. The Kier molecular flexibility index (Phi) is 6.29. The van der Waals surface area contributed by atoms with Crippen molar-refractivity contribution in [3.63, 3.8) is 0 Å². The van der Waals surface area contributed by atoms with E-state index in [0.717, 1.165) is 22.3 Å². The molecule has 2 aromatic carbocycles. The second-order valence-corrected chi connectivity index (χ2v) is 6.54. The van der Waals surface area contributed by atoms with Crippen molar-refractivity contribution in [1.29, 1.82) is 0 Å². The van der Waals surface area contributed by atoms with Gasteiger partial charge in [0.15, 0.2) is 0 Å². The predicted octanol–water partition coefficient (Wildman–Crippen LogP) is 3.10. The van der Waals surface area contributed by atoms with Gasteiger partial charge in [0.2, 0.25) is 0 Å². The van der Waals surface area contributed by atoms with Crippen LogP contribution < -0.4 is 5.32 Å². The van der Waals surface area contributed by atoms with Crippen LogP contribution in [-0.4, -0.2) is 42.4 Å². The van der Waals surface area contributed by atoms with Crippen LogP contribution in [-0.2, 0) is 19.1 Å². The molecule has 1 atom stereocenters. The Balaban J connectivity index is 1.63. The number of benzene rings is 2. The normalized spacial score (nSPS) is 13.0. The molecule has 0 heterocycles. The summed E-state index contributed by atoms with van der Waals surface area (Å²) in [5.74, 6) is -2.25. The van der Waals surface area contributed by atoms with Gasteiger partial charge in [0.05, 0.1) is 6.42 Å². The van der Waals surface area contributed by atoms with Crippen LogP contribution in [0.4, 0.5) is 4.79 Å². The summed E-state index contributed by atoms with van der Waals surface area (Å²) in [6, 6.07) is 14.3. The summed E-state index contributed by atoms with van der Waals surface area (Å²) >= 11 is 0. The number of carboxylic acid groups (broad SMARTS) is 1. The molecule has 2 aromatic rings. The van der Waals surface area contributed by atoms with Crippen LogP contribution in [0.3, 0.4) is 0 Å². The van der Waals surface area contributed by atoms with Gasteiger partial charge in [-0.05, 0) is 22.3 Å². The third kappa shape index (κ3) is 4.63. The van der Waals surface area contributed by atoms with Gasteiger partial charge in [-0.2, -0.15) is 0 Å². The van der Waals surface area contributed by atoms with Gasteiger partial charge in [-0.15, -0.1) is 0 Å². The second-order valence-electron chi connectivity index (χ2n) is 6.54. The highest BCUT2D eigenvalue weighted by Crippen LogP contribution is 2.44. The van der Waals surface area contributed by atoms with E-state index in [9.17, 15) is 19.5 Å². The zero-order valence-corrected chi connectivity index (χ0v) is 15.7. The second kappa shape index (κ2) is 9.05. The summed E-state index contributed by atoms with van der Waals surface area (Å²) in [5.41, 5.74) is 4.27. The summed E-state index contributed by atoms with van der Waals surface area (Å²) in [4.78, 5) is 35.1. The van der Waals surface area contributed by atoms with Crippen LogP contribution >= 0.6 is 0 Å². The molecule has 0 saturated heterocycles. The molecule has 0 aromatic heterocycles. The van der Waals surface area contributed by atoms with Gasteiger partial charge in [-0.25, -0.2) is 9.59 Å². The smallest absolute Gasteiger partial charge is 0.407 e. The Hall–Kier alpha value is -3.61. The maximum Gasteiger partial charge on any atom is 0.407 e. The van der Waals surface area contributed by atoms with Crippen LogP contribution in [0.5, 0.6) is 0 Å². The van der Waals surface area contributed by atoms with E-state index >= 15 is 0 Å². The first-order valence-electron chi connectivity index (χ1n) is 9.12. The number of carbonyl (C=O) groups is 3. The SMILES string of the molecule is C=CCOC(=O)C[C@@H](NC(=O)OCC1c2ccccc2-c2ccccc21)C(=O)O. The van der Waals surface area contributed by atoms with Crippen molar-refractivity contribution in [2.75, 3.05) is 13.2 Å². The van der Waals surface area contributed by atoms with Gasteiger partial charge < -0.3 is 19.9 Å². The van der Waals surface area contributed by atoms with E-state index in [-0.39, 0.29) is 19.1 Å². The first-order chi connectivity index (χ1) is 14.0. The molecule has 0 spiro atoms. The number of carbonyl (C=O) groups excluding carboxylic acids is 2. The van der Waals surface area contributed by atoms with Gasteiger partial charge in [-0.3, -0.25) is 4.79 Å². The molecule has 1 aliphatic rings. The molecule has 0 fully saturated rings. The van der Waals surface area contributed by atoms with Gasteiger partial charge in [-0.1, -0.05) is 61.2 Å². The molecule has 0 unspecified atom stereocenters. The molecule has 0 saturated carbocycles. The number of hydrogen-bond donors (Lipinski definition) is 2. The molecule has 0 bridgehead atoms. The molecule has 1 amide bonds. The molecule has 7 nitrogen and oxygen atoms in total. The van der Waals surface area contributed by atoms with Crippen LogP contribution in [0.2, 0.25) is 0 Å². The minimum absolute atomic E-state index is 0.0316. The fraction of sp³-hybridized carbons (Fsp3) is 0.227. The van der Waals surface area contributed by atoms with Crippen molar-refractivity contribution < 1.29 is 29.0 Å². The number of esters is 1. The molecule has 2 N–H and O–H groups in total. The zero-order valence-electron chi connectivity index (χ0n) is 15.7. The average molecular weight is 395 g/mol. The maximum absolute atomic E-state index is 12.2. The van der Waals surface area contributed by atoms with E-state index in [4.69, 9.17) is 9.47 Å². The van der Waals surface area contributed by atoms with E-state index in [1.165, 1.54) is 6.08 Å². The summed E-state index contributed by atoms with van der Waals surface area (Å²) in [5, 5.41) is 11.4. The van der Waals surface area contributed by atoms with E-state index in [0.29, 0.717) is 0 Å². The molecular weight excluding hydrogens is 374 g/mol. The number of aliphatic carboxylic acids is 1. The molecule has 29 heavy (non-hydrogen) atoms. The lowest BCUT2D eigenvalue weighted by Gasteiger charge is -2.17. The highest BCUT2D eigenvalue weighted by molar-refractivity contribution is 5.85. The van der Waals surface area contributed by atoms with Crippen molar-refractivity contribution >= 4 is 18.0 Å². The lowest BCUT2D eigenvalue weighted by molar-refractivity contribution is -0.148. The minimum atomic E-state index is -1.44. The summed E-state index contributed by atoms with van der Waals surface area (Å²) in [6.45, 7) is 3.42. The fourth-order valence-electron chi connectivity index (χ4n) is 3.36. The first-order valence-corrected chi connectivity index (χ1v) is 9.12. The van der Waals surface area contributed by atoms with Gasteiger partial charge in [0.25, 0.3) is 0 Å². The Morgan fingerprint density at radius 1 is 1.03 bits per heavy atom. The number of carboxylic acids is 1. The Bertz CT molecular complexity index is 893. The number of hydrogen-bond acceptors (Lipinski definition) is 5. The lowest BCUT2D eigenvalue weighted by Crippen LogP contribution is -2.43. The lowest BCUT2D eigenvalue weighted by atomic mass is 9.98. The van der Waals surface area contributed by atoms with Crippen molar-refractivity contribution in [3.8, 4) is 11.1 Å². The Labute approximate surface area is 167 Å². The fourth-order valence-corrected chi connectivity index (χ4v) is 3.36. The van der Waals surface area contributed by atoms with Crippen LogP contribution in [0.1, 0.15) is 23.5 Å². The Morgan fingerprint density at radius 2 is 1.62 bits per heavy atom. The number of fused-ring (bicyclic) bond motifs is 3. The van der Waals surface area contributed by atoms with Crippen molar-refractivity contribution in [3.05, 3.63) is 72.3 Å². The molecule has 1 aliphatic carbocycles. The first kappa shape index (κ1) is 20.1. The monoisotopic (exact) mass is 395 g/mol. The quantitative estimate of drug-likeness (QED) is 0.526. The number of amides is 1. The Morgan fingerprint density at radius 3 is 2.17 bits per heavy atom. The molecule has 150 valence electrons. The summed E-state index contributed by atoms with van der Waals surface area (Å²) in [6.07, 6.45) is -0.0456. The number of rotatable bonds is 8. The standard InChI is InChI=1S/C22H21NO6/c1-2-11-28-20(24)12-19(21(25)26)23-22(27)29-13-18-16-9-5-3-7-14(16)15-8-4-6-10-17(15)18/h2-10,18-19H,1,11-13H2,(H,23,27)(H,25,26)/t19-/m1/s1. The number of nitrogens with one attached hydrogen (secondary N) is 1. The topological polar surface area (TPSA) is 102 Å². The third-order valence-electron chi connectivity index (χ3n) is 4.67. The van der Waals surface area contributed by atoms with E-state index < -0.39 is 30.5 Å². The number of ether oxygens (including phenoxy) is 2. The van der Waals surface area contributed by atoms with Crippen LogP contribution in [0.25, 0.3) is 11.1 Å². The summed E-state index contributed by atoms with van der Waals surface area (Å²) < 4.78 is 10.1. The van der Waals surface area contributed by atoms with Crippen molar-refractivity contribution in [2.24, 2.45) is 0 Å². The molecular formula is C22H21NO6. The van der Waals surface area contributed by atoms with E-state index in [1.807, 2.05) is 48.5 Å². The average Bonchev–Trinajstić information content (AvgIpc) is 3.04. The van der Waals surface area contributed by atoms with Crippen LogP contribution in [0, 0.1) is 0 Å². The van der Waals surface area contributed by atoms with Crippen molar-refractivity contribution in [1.82, 2.24) is 5.32 Å². The molecule has 0 aliphatic heterocycles. The van der Waals surface area contributed by atoms with E-state index in [2.05, 4.69) is 11.9 Å². The van der Waals surface area contributed by atoms with Gasteiger partial charge in [0.1, 0.15) is 19.3 Å².